The second-order valence-electron chi connectivity index (χ2n) is 3.26. The third-order valence-corrected chi connectivity index (χ3v) is 3.73. The van der Waals surface area contributed by atoms with Gasteiger partial charge in [-0.15, -0.1) is 0 Å². The highest BCUT2D eigenvalue weighted by atomic mass is 32.2. The molecule has 1 aliphatic rings. The number of aliphatic carboxylic acids is 1. The predicted octanol–water partition coefficient (Wildman–Crippen LogP) is -0.644. The Hall–Kier alpha value is -0.870. The van der Waals surface area contributed by atoms with Gasteiger partial charge in [-0.25, -0.2) is 8.42 Å². The molecule has 0 unspecified atom stereocenters. The maximum absolute atomic E-state index is 12.1. The summed E-state index contributed by atoms with van der Waals surface area (Å²) in [4.78, 5) is 10.5. The summed E-state index contributed by atoms with van der Waals surface area (Å²) in [5.74, 6) is -1.72. The van der Waals surface area contributed by atoms with Crippen molar-refractivity contribution in [3.8, 4) is 0 Å². The van der Waals surface area contributed by atoms with Crippen LogP contribution in [0.4, 0.5) is 13.2 Å². The molecule has 1 fully saturated rings. The first-order valence-electron chi connectivity index (χ1n) is 4.06. The first kappa shape index (κ1) is 13.2. The molecule has 0 amide bonds. The van der Waals surface area contributed by atoms with Gasteiger partial charge in [0.2, 0.25) is 0 Å². The van der Waals surface area contributed by atoms with Gasteiger partial charge in [0, 0.05) is 13.0 Å². The van der Waals surface area contributed by atoms with Gasteiger partial charge < -0.3 is 10.2 Å². The summed E-state index contributed by atoms with van der Waals surface area (Å²) in [6, 6.07) is -1.87. The van der Waals surface area contributed by atoms with Gasteiger partial charge in [-0.3, -0.25) is 4.79 Å². The molecule has 0 aliphatic carbocycles. The standard InChI is InChI=1S/C6H8F3NO5S/c7-6(8,9)16(14,15)10-2-3(11)1-4(10)5(12)13/h3-4,11H,1-2H2,(H,12,13)/t3-,4-/m0/s1. The molecule has 16 heavy (non-hydrogen) atoms. The molecule has 0 aromatic carbocycles. The van der Waals surface area contributed by atoms with Crippen LogP contribution in [0.5, 0.6) is 0 Å². The number of aliphatic hydroxyl groups excluding tert-OH is 1. The van der Waals surface area contributed by atoms with Gasteiger partial charge in [-0.05, 0) is 0 Å². The molecular formula is C6H8F3NO5S. The number of carbonyl (C=O) groups is 1. The van der Waals surface area contributed by atoms with Crippen LogP contribution in [0, 0.1) is 0 Å². The smallest absolute Gasteiger partial charge is 0.480 e. The lowest BCUT2D eigenvalue weighted by molar-refractivity contribution is -0.141. The number of hydrogen-bond donors (Lipinski definition) is 2. The monoisotopic (exact) mass is 263 g/mol. The Labute approximate surface area is 88.3 Å². The quantitative estimate of drug-likeness (QED) is 0.690. The summed E-state index contributed by atoms with van der Waals surface area (Å²) < 4.78 is 58.1. The van der Waals surface area contributed by atoms with Crippen molar-refractivity contribution in [1.82, 2.24) is 4.31 Å². The number of carboxylic acid groups (broad SMARTS) is 1. The van der Waals surface area contributed by atoms with Crippen molar-refractivity contribution in [3.05, 3.63) is 0 Å². The number of nitrogens with zero attached hydrogens (tertiary/aromatic N) is 1. The Balaban J connectivity index is 3.09. The Morgan fingerprint density at radius 1 is 1.38 bits per heavy atom. The van der Waals surface area contributed by atoms with E-state index in [1.807, 2.05) is 0 Å². The van der Waals surface area contributed by atoms with Crippen LogP contribution >= 0.6 is 0 Å². The molecule has 1 heterocycles. The van der Waals surface area contributed by atoms with E-state index in [0.29, 0.717) is 0 Å². The molecule has 0 bridgehead atoms. The Morgan fingerprint density at radius 3 is 2.25 bits per heavy atom. The van der Waals surface area contributed by atoms with Crippen molar-refractivity contribution in [1.29, 1.82) is 0 Å². The van der Waals surface area contributed by atoms with Gasteiger partial charge in [-0.1, -0.05) is 0 Å². The summed E-state index contributed by atoms with van der Waals surface area (Å²) in [6.45, 7) is -0.862. The SMILES string of the molecule is O=C(O)[C@@H]1C[C@H](O)CN1S(=O)(=O)C(F)(F)F. The normalized spacial score (nSPS) is 28.2. The Bertz CT molecular complexity index is 391. The van der Waals surface area contributed by atoms with E-state index >= 15 is 0 Å². The highest BCUT2D eigenvalue weighted by Gasteiger charge is 2.55. The Morgan fingerprint density at radius 2 is 1.88 bits per heavy atom. The number of rotatable bonds is 2. The van der Waals surface area contributed by atoms with Crippen molar-refractivity contribution in [2.24, 2.45) is 0 Å². The maximum atomic E-state index is 12.1. The van der Waals surface area contributed by atoms with Crippen molar-refractivity contribution in [3.63, 3.8) is 0 Å². The first-order chi connectivity index (χ1) is 7.07. The lowest BCUT2D eigenvalue weighted by Gasteiger charge is -2.21. The van der Waals surface area contributed by atoms with E-state index in [4.69, 9.17) is 10.2 Å². The molecule has 2 N–H and O–H groups in total. The van der Waals surface area contributed by atoms with Gasteiger partial charge in [-0.2, -0.15) is 17.5 Å². The number of alkyl halides is 3. The third-order valence-electron chi connectivity index (χ3n) is 2.12. The van der Waals surface area contributed by atoms with Crippen LogP contribution in [0.3, 0.4) is 0 Å². The minimum Gasteiger partial charge on any atom is -0.480 e. The fourth-order valence-corrected chi connectivity index (χ4v) is 2.55. The molecule has 1 aliphatic heterocycles. The molecule has 2 atom stereocenters. The average molecular weight is 263 g/mol. The van der Waals surface area contributed by atoms with Crippen LogP contribution in [-0.2, 0) is 14.8 Å². The second kappa shape index (κ2) is 3.86. The van der Waals surface area contributed by atoms with E-state index in [1.165, 1.54) is 0 Å². The van der Waals surface area contributed by atoms with Crippen molar-refractivity contribution in [2.75, 3.05) is 6.54 Å². The summed E-state index contributed by atoms with van der Waals surface area (Å²) in [5.41, 5.74) is -5.56. The summed E-state index contributed by atoms with van der Waals surface area (Å²) in [5, 5.41) is 17.6. The highest BCUT2D eigenvalue weighted by molar-refractivity contribution is 7.90. The molecular weight excluding hydrogens is 255 g/mol. The van der Waals surface area contributed by atoms with Crippen molar-refractivity contribution < 1.29 is 36.6 Å². The molecule has 1 saturated heterocycles. The van der Waals surface area contributed by atoms with E-state index < -0.39 is 46.6 Å². The molecule has 10 heteroatoms. The number of hydrogen-bond acceptors (Lipinski definition) is 4. The van der Waals surface area contributed by atoms with Gasteiger partial charge in [0.15, 0.2) is 0 Å². The van der Waals surface area contributed by atoms with Crippen LogP contribution in [0.25, 0.3) is 0 Å². The third kappa shape index (κ3) is 2.13. The molecule has 0 aromatic heterocycles. The molecule has 1 rings (SSSR count). The van der Waals surface area contributed by atoms with Crippen molar-refractivity contribution >= 4 is 16.0 Å². The molecule has 0 saturated carbocycles. The predicted molar refractivity (Wildman–Crippen MR) is 43.7 cm³/mol. The molecule has 6 nitrogen and oxygen atoms in total. The van der Waals surface area contributed by atoms with E-state index in [2.05, 4.69) is 0 Å². The number of carboxylic acids is 1. The number of halogens is 3. The second-order valence-corrected chi connectivity index (χ2v) is 5.15. The van der Waals surface area contributed by atoms with Crippen LogP contribution in [-0.4, -0.2) is 53.1 Å². The zero-order valence-corrected chi connectivity index (χ0v) is 8.49. The Kier molecular flexibility index (Phi) is 3.18. The van der Waals surface area contributed by atoms with E-state index in [0.717, 1.165) is 0 Å². The van der Waals surface area contributed by atoms with Gasteiger partial charge in [0.05, 0.1) is 6.10 Å². The molecule has 0 spiro atoms. The first-order valence-corrected chi connectivity index (χ1v) is 5.50. The minimum absolute atomic E-state index is 0.236. The minimum atomic E-state index is -5.71. The topological polar surface area (TPSA) is 94.9 Å². The fraction of sp³-hybridized carbons (Fsp3) is 0.833. The number of sulfonamides is 1. The number of aliphatic hydroxyl groups is 1. The zero-order valence-electron chi connectivity index (χ0n) is 7.68. The number of β-amino-alcohol motifs (C(OH)–C–C–N with tert-alkyl or cyclic N) is 1. The van der Waals surface area contributed by atoms with Crippen LogP contribution in [0.15, 0.2) is 0 Å². The summed E-state index contributed by atoms with van der Waals surface area (Å²) >= 11 is 0. The molecule has 0 aromatic rings. The summed E-state index contributed by atoms with van der Waals surface area (Å²) in [6.07, 6.45) is -1.96. The van der Waals surface area contributed by atoms with Gasteiger partial charge in [0.1, 0.15) is 6.04 Å². The van der Waals surface area contributed by atoms with Crippen LogP contribution in [0.1, 0.15) is 6.42 Å². The van der Waals surface area contributed by atoms with Crippen LogP contribution in [0.2, 0.25) is 0 Å². The lowest BCUT2D eigenvalue weighted by Crippen LogP contribution is -2.46. The van der Waals surface area contributed by atoms with Crippen molar-refractivity contribution in [2.45, 2.75) is 24.1 Å². The fourth-order valence-electron chi connectivity index (χ4n) is 1.41. The summed E-state index contributed by atoms with van der Waals surface area (Å²) in [7, 11) is -5.71. The van der Waals surface area contributed by atoms with E-state index in [-0.39, 0.29) is 4.31 Å². The van der Waals surface area contributed by atoms with E-state index in [9.17, 15) is 26.4 Å². The molecule has 0 radical (unpaired) electrons. The maximum Gasteiger partial charge on any atom is 0.511 e. The van der Waals surface area contributed by atoms with E-state index in [1.54, 1.807) is 0 Å². The van der Waals surface area contributed by atoms with Crippen LogP contribution < -0.4 is 0 Å². The average Bonchev–Trinajstić information content (AvgIpc) is 2.45. The molecule has 94 valence electrons. The van der Waals surface area contributed by atoms with Gasteiger partial charge >= 0.3 is 21.5 Å². The highest BCUT2D eigenvalue weighted by Crippen LogP contribution is 2.32. The lowest BCUT2D eigenvalue weighted by atomic mass is 10.2. The van der Waals surface area contributed by atoms with Gasteiger partial charge in [0.25, 0.3) is 0 Å². The largest absolute Gasteiger partial charge is 0.511 e. The zero-order chi connectivity index (χ0) is 12.7.